The summed E-state index contributed by atoms with van der Waals surface area (Å²) in [6, 6.07) is 1.64. The van der Waals surface area contributed by atoms with E-state index in [1.54, 1.807) is 0 Å². The van der Waals surface area contributed by atoms with E-state index >= 15 is 0 Å². The maximum Gasteiger partial charge on any atom is 0.314 e. The number of rotatable bonds is 5. The van der Waals surface area contributed by atoms with Crippen LogP contribution in [0.5, 0.6) is 5.75 Å². The Morgan fingerprint density at radius 3 is 2.90 bits per heavy atom. The minimum Gasteiger partial charge on any atom is -0.485 e. The lowest BCUT2D eigenvalue weighted by atomic mass is 9.97. The molecule has 1 N–H and O–H groups in total. The van der Waals surface area contributed by atoms with E-state index in [0.29, 0.717) is 12.3 Å². The Morgan fingerprint density at radius 1 is 1.45 bits per heavy atom. The molecule has 1 fully saturated rings. The first-order valence-electron chi connectivity index (χ1n) is 6.55. The van der Waals surface area contributed by atoms with Gasteiger partial charge >= 0.3 is 5.69 Å². The molecule has 0 aromatic heterocycles. The number of ether oxygens (including phenoxy) is 1. The molecule has 1 aromatic carbocycles. The van der Waals surface area contributed by atoms with E-state index in [1.165, 1.54) is 0 Å². The van der Waals surface area contributed by atoms with Gasteiger partial charge in [0.1, 0.15) is 0 Å². The number of nitrogens with zero attached hydrogens (tertiary/aromatic N) is 1. The Labute approximate surface area is 115 Å². The van der Waals surface area contributed by atoms with Crippen molar-refractivity contribution in [1.29, 1.82) is 0 Å². The molecular weight excluding hydrogens is 270 g/mol. The maximum absolute atomic E-state index is 13.6. The molecule has 1 atom stereocenters. The van der Waals surface area contributed by atoms with Crippen molar-refractivity contribution in [2.75, 3.05) is 19.7 Å². The molecule has 0 spiro atoms. The highest BCUT2D eigenvalue weighted by atomic mass is 19.2. The summed E-state index contributed by atoms with van der Waals surface area (Å²) in [5, 5.41) is 14.0. The Hall–Kier alpha value is -1.76. The van der Waals surface area contributed by atoms with Crippen molar-refractivity contribution >= 4 is 5.69 Å². The largest absolute Gasteiger partial charge is 0.485 e. The SMILES string of the molecule is O=[N+]([O-])c1ccc(F)c(F)c1OCCC1CCCNC1. The van der Waals surface area contributed by atoms with Gasteiger partial charge in [0.2, 0.25) is 11.6 Å². The normalized spacial score (nSPS) is 18.8. The van der Waals surface area contributed by atoms with E-state index in [4.69, 9.17) is 4.74 Å². The van der Waals surface area contributed by atoms with Crippen molar-refractivity contribution in [2.45, 2.75) is 19.3 Å². The second-order valence-electron chi connectivity index (χ2n) is 4.82. The molecule has 110 valence electrons. The van der Waals surface area contributed by atoms with Crippen molar-refractivity contribution in [1.82, 2.24) is 5.32 Å². The summed E-state index contributed by atoms with van der Waals surface area (Å²) >= 11 is 0. The molecule has 1 aliphatic rings. The van der Waals surface area contributed by atoms with Gasteiger partial charge in [-0.2, -0.15) is 4.39 Å². The highest BCUT2D eigenvalue weighted by Crippen LogP contribution is 2.31. The van der Waals surface area contributed by atoms with Crippen LogP contribution in [0.15, 0.2) is 12.1 Å². The van der Waals surface area contributed by atoms with Crippen LogP contribution in [0.3, 0.4) is 0 Å². The quantitative estimate of drug-likeness (QED) is 0.667. The van der Waals surface area contributed by atoms with Crippen LogP contribution in [0, 0.1) is 27.7 Å². The summed E-state index contributed by atoms with van der Waals surface area (Å²) in [5.41, 5.74) is -0.550. The average molecular weight is 286 g/mol. The van der Waals surface area contributed by atoms with E-state index in [1.807, 2.05) is 0 Å². The Kier molecular flexibility index (Phi) is 4.84. The Balaban J connectivity index is 2.00. The zero-order valence-electron chi connectivity index (χ0n) is 10.9. The second kappa shape index (κ2) is 6.60. The van der Waals surface area contributed by atoms with Crippen LogP contribution >= 0.6 is 0 Å². The molecule has 1 heterocycles. The first-order valence-corrected chi connectivity index (χ1v) is 6.55. The van der Waals surface area contributed by atoms with E-state index < -0.39 is 28.0 Å². The molecule has 20 heavy (non-hydrogen) atoms. The summed E-state index contributed by atoms with van der Waals surface area (Å²) in [7, 11) is 0. The van der Waals surface area contributed by atoms with Gasteiger partial charge in [0, 0.05) is 6.07 Å². The lowest BCUT2D eigenvalue weighted by Gasteiger charge is -2.22. The zero-order valence-corrected chi connectivity index (χ0v) is 10.9. The molecule has 0 bridgehead atoms. The highest BCUT2D eigenvalue weighted by molar-refractivity contribution is 5.47. The summed E-state index contributed by atoms with van der Waals surface area (Å²) in [6.07, 6.45) is 2.77. The van der Waals surface area contributed by atoms with Crippen molar-refractivity contribution in [2.24, 2.45) is 5.92 Å². The van der Waals surface area contributed by atoms with Crippen LogP contribution < -0.4 is 10.1 Å². The fraction of sp³-hybridized carbons (Fsp3) is 0.538. The first kappa shape index (κ1) is 14.6. The number of halogens is 2. The predicted octanol–water partition coefficient (Wildman–Crippen LogP) is 2.64. The Morgan fingerprint density at radius 2 is 2.25 bits per heavy atom. The standard InChI is InChI=1S/C13H16F2N2O3/c14-10-3-4-11(17(18)19)13(12(10)15)20-7-5-9-2-1-6-16-8-9/h3-4,9,16H,1-2,5-8H2. The number of nitrogens with one attached hydrogen (secondary N) is 1. The monoisotopic (exact) mass is 286 g/mol. The van der Waals surface area contributed by atoms with E-state index in [0.717, 1.165) is 38.1 Å². The number of nitro groups is 1. The van der Waals surface area contributed by atoms with Gasteiger partial charge in [-0.3, -0.25) is 10.1 Å². The number of benzene rings is 1. The van der Waals surface area contributed by atoms with Crippen molar-refractivity contribution < 1.29 is 18.4 Å². The molecule has 2 rings (SSSR count). The second-order valence-corrected chi connectivity index (χ2v) is 4.82. The molecule has 1 aromatic rings. The zero-order chi connectivity index (χ0) is 14.5. The molecule has 0 aliphatic carbocycles. The van der Waals surface area contributed by atoms with Crippen molar-refractivity contribution in [3.63, 3.8) is 0 Å². The van der Waals surface area contributed by atoms with Gasteiger partial charge in [0.15, 0.2) is 5.82 Å². The van der Waals surface area contributed by atoms with Gasteiger partial charge < -0.3 is 10.1 Å². The minimum atomic E-state index is -1.30. The number of piperidine rings is 1. The van der Waals surface area contributed by atoms with Crippen LogP contribution in [0.2, 0.25) is 0 Å². The van der Waals surface area contributed by atoms with Gasteiger partial charge in [-0.15, -0.1) is 0 Å². The summed E-state index contributed by atoms with van der Waals surface area (Å²) in [5.74, 6) is -2.66. The van der Waals surface area contributed by atoms with E-state index in [-0.39, 0.29) is 6.61 Å². The lowest BCUT2D eigenvalue weighted by Crippen LogP contribution is -2.30. The van der Waals surface area contributed by atoms with Crippen LogP contribution in [0.25, 0.3) is 0 Å². The first-order chi connectivity index (χ1) is 9.59. The fourth-order valence-corrected chi connectivity index (χ4v) is 2.30. The molecule has 1 saturated heterocycles. The number of hydrogen-bond donors (Lipinski definition) is 1. The van der Waals surface area contributed by atoms with Crippen LogP contribution in [-0.2, 0) is 0 Å². The maximum atomic E-state index is 13.6. The minimum absolute atomic E-state index is 0.133. The predicted molar refractivity (Wildman–Crippen MR) is 68.7 cm³/mol. The molecule has 0 radical (unpaired) electrons. The Bertz CT molecular complexity index is 491. The average Bonchev–Trinajstić information content (AvgIpc) is 2.44. The van der Waals surface area contributed by atoms with Gasteiger partial charge in [0.05, 0.1) is 11.5 Å². The highest BCUT2D eigenvalue weighted by Gasteiger charge is 2.23. The molecule has 7 heteroatoms. The third-order valence-corrected chi connectivity index (χ3v) is 3.40. The molecule has 5 nitrogen and oxygen atoms in total. The van der Waals surface area contributed by atoms with Gasteiger partial charge in [-0.05, 0) is 44.3 Å². The third-order valence-electron chi connectivity index (χ3n) is 3.40. The molecule has 0 saturated carbocycles. The molecule has 1 aliphatic heterocycles. The topological polar surface area (TPSA) is 64.4 Å². The summed E-state index contributed by atoms with van der Waals surface area (Å²) < 4.78 is 31.8. The fourth-order valence-electron chi connectivity index (χ4n) is 2.30. The molecule has 1 unspecified atom stereocenters. The van der Waals surface area contributed by atoms with Crippen molar-refractivity contribution in [3.05, 3.63) is 33.9 Å². The summed E-state index contributed by atoms with van der Waals surface area (Å²) in [4.78, 5) is 10.00. The van der Waals surface area contributed by atoms with Crippen LogP contribution in [-0.4, -0.2) is 24.6 Å². The molecule has 0 amide bonds. The number of hydrogen-bond acceptors (Lipinski definition) is 4. The smallest absolute Gasteiger partial charge is 0.314 e. The van der Waals surface area contributed by atoms with E-state index in [2.05, 4.69) is 5.32 Å². The van der Waals surface area contributed by atoms with Gasteiger partial charge in [-0.1, -0.05) is 0 Å². The van der Waals surface area contributed by atoms with E-state index in [9.17, 15) is 18.9 Å². The van der Waals surface area contributed by atoms with Crippen LogP contribution in [0.1, 0.15) is 19.3 Å². The third kappa shape index (κ3) is 3.41. The molecular formula is C13H16F2N2O3. The van der Waals surface area contributed by atoms with Gasteiger partial charge in [-0.25, -0.2) is 4.39 Å². The van der Waals surface area contributed by atoms with Gasteiger partial charge in [0.25, 0.3) is 0 Å². The summed E-state index contributed by atoms with van der Waals surface area (Å²) in [6.45, 7) is 1.98. The van der Waals surface area contributed by atoms with Crippen LogP contribution in [0.4, 0.5) is 14.5 Å². The van der Waals surface area contributed by atoms with Crippen molar-refractivity contribution in [3.8, 4) is 5.75 Å². The number of nitro benzene ring substituents is 1. The lowest BCUT2D eigenvalue weighted by molar-refractivity contribution is -0.386.